The first-order chi connectivity index (χ1) is 14.1. The van der Waals surface area contributed by atoms with Crippen molar-refractivity contribution in [3.63, 3.8) is 0 Å². The number of piperidine rings is 1. The molecule has 1 aliphatic heterocycles. The van der Waals surface area contributed by atoms with E-state index in [2.05, 4.69) is 15.4 Å². The average Bonchev–Trinajstić information content (AvgIpc) is 3.23. The molecule has 0 bridgehead atoms. The van der Waals surface area contributed by atoms with E-state index in [9.17, 15) is 9.59 Å². The second kappa shape index (κ2) is 8.08. The average molecular weight is 414 g/mol. The number of nitrogens with one attached hydrogen (secondary N) is 1. The predicted molar refractivity (Wildman–Crippen MR) is 108 cm³/mol. The third-order valence-corrected chi connectivity index (χ3v) is 5.32. The minimum atomic E-state index is -0.181. The van der Waals surface area contributed by atoms with Crippen molar-refractivity contribution in [2.75, 3.05) is 25.5 Å². The quantitative estimate of drug-likeness (QED) is 0.710. The molecule has 2 amide bonds. The van der Waals surface area contributed by atoms with Gasteiger partial charge in [0, 0.05) is 36.3 Å². The highest BCUT2D eigenvalue weighted by molar-refractivity contribution is 6.31. The van der Waals surface area contributed by atoms with E-state index >= 15 is 0 Å². The van der Waals surface area contributed by atoms with Gasteiger partial charge >= 0.3 is 0 Å². The predicted octanol–water partition coefficient (Wildman–Crippen LogP) is 2.88. The molecule has 2 aromatic heterocycles. The van der Waals surface area contributed by atoms with E-state index in [0.717, 1.165) is 0 Å². The fourth-order valence-corrected chi connectivity index (χ4v) is 3.69. The maximum atomic E-state index is 12.9. The molecule has 8 nitrogen and oxygen atoms in total. The number of methoxy groups -OCH3 is 1. The van der Waals surface area contributed by atoms with Crippen LogP contribution in [0.5, 0.6) is 5.75 Å². The number of likely N-dealkylation sites (tertiary alicyclic amines) is 1. The van der Waals surface area contributed by atoms with Crippen LogP contribution in [0.25, 0.3) is 5.65 Å². The summed E-state index contributed by atoms with van der Waals surface area (Å²) in [6.07, 6.45) is 4.42. The lowest BCUT2D eigenvalue weighted by Gasteiger charge is -2.31. The van der Waals surface area contributed by atoms with Crippen molar-refractivity contribution in [1.82, 2.24) is 19.5 Å². The first-order valence-electron chi connectivity index (χ1n) is 9.29. The highest BCUT2D eigenvalue weighted by Gasteiger charge is 2.29. The number of hydrogen-bond acceptors (Lipinski definition) is 5. The first kappa shape index (κ1) is 19.2. The highest BCUT2D eigenvalue weighted by Crippen LogP contribution is 2.27. The molecule has 29 heavy (non-hydrogen) atoms. The lowest BCUT2D eigenvalue weighted by Crippen LogP contribution is -2.41. The smallest absolute Gasteiger partial charge is 0.257 e. The van der Waals surface area contributed by atoms with Crippen LogP contribution in [0.2, 0.25) is 5.02 Å². The molecule has 150 valence electrons. The molecule has 4 rings (SSSR count). The summed E-state index contributed by atoms with van der Waals surface area (Å²) in [6, 6.07) is 8.45. The Morgan fingerprint density at radius 3 is 2.72 bits per heavy atom. The summed E-state index contributed by atoms with van der Waals surface area (Å²) in [6.45, 7) is 0.972. The van der Waals surface area contributed by atoms with Crippen LogP contribution in [0.15, 0.2) is 42.7 Å². The standard InChI is InChI=1S/C20H20ClN5O3/c1-29-16-3-2-14(21)12-15(16)20(28)25-10-6-13(7-11-25)19(27)24-18-4-8-22-17-5-9-23-26(17)18/h2-5,8-9,12-13H,6-7,10-11H2,1H3,(H,24,27). The summed E-state index contributed by atoms with van der Waals surface area (Å²) in [4.78, 5) is 31.5. The molecule has 1 saturated heterocycles. The number of halogens is 1. The maximum Gasteiger partial charge on any atom is 0.257 e. The van der Waals surface area contributed by atoms with E-state index in [1.54, 1.807) is 52.1 Å². The number of carbonyl (C=O) groups excluding carboxylic acids is 2. The Morgan fingerprint density at radius 1 is 1.17 bits per heavy atom. The number of hydrogen-bond donors (Lipinski definition) is 1. The lowest BCUT2D eigenvalue weighted by atomic mass is 9.95. The van der Waals surface area contributed by atoms with Crippen LogP contribution in [0.3, 0.4) is 0 Å². The molecule has 1 N–H and O–H groups in total. The number of fused-ring (bicyclic) bond motifs is 1. The number of benzene rings is 1. The number of ether oxygens (including phenoxy) is 1. The van der Waals surface area contributed by atoms with Crippen molar-refractivity contribution in [2.24, 2.45) is 5.92 Å². The Hall–Kier alpha value is -3.13. The molecule has 9 heteroatoms. The maximum absolute atomic E-state index is 12.9. The molecule has 1 aromatic carbocycles. The Balaban J connectivity index is 1.40. The zero-order valence-corrected chi connectivity index (χ0v) is 16.6. The van der Waals surface area contributed by atoms with Gasteiger partial charge in [0.25, 0.3) is 5.91 Å². The van der Waals surface area contributed by atoms with Crippen molar-refractivity contribution in [3.8, 4) is 5.75 Å². The normalized spacial score (nSPS) is 14.8. The zero-order valence-electron chi connectivity index (χ0n) is 15.8. The largest absolute Gasteiger partial charge is 0.496 e. The number of carbonyl (C=O) groups is 2. The van der Waals surface area contributed by atoms with Gasteiger partial charge in [-0.25, -0.2) is 4.98 Å². The summed E-state index contributed by atoms with van der Waals surface area (Å²) in [5.74, 6) is 0.655. The summed E-state index contributed by atoms with van der Waals surface area (Å²) >= 11 is 6.04. The summed E-state index contributed by atoms with van der Waals surface area (Å²) in [5.41, 5.74) is 1.10. The summed E-state index contributed by atoms with van der Waals surface area (Å²) in [7, 11) is 1.52. The number of amides is 2. The summed E-state index contributed by atoms with van der Waals surface area (Å²) < 4.78 is 6.87. The van der Waals surface area contributed by atoms with E-state index in [1.807, 2.05) is 0 Å². The summed E-state index contributed by atoms with van der Waals surface area (Å²) in [5, 5.41) is 7.57. The number of nitrogens with zero attached hydrogens (tertiary/aromatic N) is 4. The van der Waals surface area contributed by atoms with E-state index in [4.69, 9.17) is 16.3 Å². The van der Waals surface area contributed by atoms with Crippen molar-refractivity contribution in [3.05, 3.63) is 53.3 Å². The molecule has 0 radical (unpaired) electrons. The molecule has 0 aliphatic carbocycles. The highest BCUT2D eigenvalue weighted by atomic mass is 35.5. The van der Waals surface area contributed by atoms with Crippen LogP contribution in [0, 0.1) is 5.92 Å². The zero-order chi connectivity index (χ0) is 20.4. The van der Waals surface area contributed by atoms with Crippen molar-refractivity contribution < 1.29 is 14.3 Å². The van der Waals surface area contributed by atoms with Gasteiger partial charge in [-0.05, 0) is 37.1 Å². The molecule has 1 fully saturated rings. The number of anilines is 1. The molecule has 0 atom stereocenters. The van der Waals surface area contributed by atoms with Crippen molar-refractivity contribution in [1.29, 1.82) is 0 Å². The van der Waals surface area contributed by atoms with E-state index in [-0.39, 0.29) is 17.7 Å². The topological polar surface area (TPSA) is 88.8 Å². The number of aromatic nitrogens is 3. The van der Waals surface area contributed by atoms with Gasteiger partial charge in [0.2, 0.25) is 5.91 Å². The second-order valence-corrected chi connectivity index (χ2v) is 7.27. The number of rotatable bonds is 4. The fraction of sp³-hybridized carbons (Fsp3) is 0.300. The molecule has 3 heterocycles. The van der Waals surface area contributed by atoms with Crippen LogP contribution < -0.4 is 10.1 Å². The first-order valence-corrected chi connectivity index (χ1v) is 9.67. The van der Waals surface area contributed by atoms with Gasteiger partial charge < -0.3 is 15.0 Å². The van der Waals surface area contributed by atoms with Crippen LogP contribution in [-0.4, -0.2) is 51.5 Å². The molecule has 1 aliphatic rings. The lowest BCUT2D eigenvalue weighted by molar-refractivity contribution is -0.121. The third-order valence-electron chi connectivity index (χ3n) is 5.09. The SMILES string of the molecule is COc1ccc(Cl)cc1C(=O)N1CCC(C(=O)Nc2ccnc3ccnn23)CC1. The van der Waals surface area contributed by atoms with Gasteiger partial charge in [0.15, 0.2) is 5.65 Å². The van der Waals surface area contributed by atoms with Crippen LogP contribution >= 0.6 is 11.6 Å². The van der Waals surface area contributed by atoms with E-state index in [1.165, 1.54) is 7.11 Å². The molecule has 0 unspecified atom stereocenters. The monoisotopic (exact) mass is 413 g/mol. The molecule has 0 spiro atoms. The van der Waals surface area contributed by atoms with Gasteiger partial charge in [-0.1, -0.05) is 11.6 Å². The minimum absolute atomic E-state index is 0.0829. The van der Waals surface area contributed by atoms with Crippen LogP contribution in [0.4, 0.5) is 5.82 Å². The Labute approximate surface area is 172 Å². The van der Waals surface area contributed by atoms with Gasteiger partial charge in [-0.15, -0.1) is 0 Å². The van der Waals surface area contributed by atoms with Crippen molar-refractivity contribution >= 4 is 34.9 Å². The Kier molecular flexibility index (Phi) is 5.35. The van der Waals surface area contributed by atoms with Gasteiger partial charge in [-0.2, -0.15) is 9.61 Å². The van der Waals surface area contributed by atoms with Gasteiger partial charge in [0.05, 0.1) is 18.9 Å². The molecule has 3 aromatic rings. The Bertz CT molecular complexity index is 1060. The second-order valence-electron chi connectivity index (χ2n) is 6.83. The van der Waals surface area contributed by atoms with Gasteiger partial charge in [-0.3, -0.25) is 9.59 Å². The molecular weight excluding hydrogens is 394 g/mol. The molecular formula is C20H20ClN5O3. The minimum Gasteiger partial charge on any atom is -0.496 e. The molecule has 0 saturated carbocycles. The Morgan fingerprint density at radius 2 is 1.97 bits per heavy atom. The van der Waals surface area contributed by atoms with E-state index in [0.29, 0.717) is 53.7 Å². The van der Waals surface area contributed by atoms with Crippen LogP contribution in [0.1, 0.15) is 23.2 Å². The van der Waals surface area contributed by atoms with Crippen molar-refractivity contribution in [2.45, 2.75) is 12.8 Å². The van der Waals surface area contributed by atoms with E-state index < -0.39 is 0 Å². The van der Waals surface area contributed by atoms with Gasteiger partial charge in [0.1, 0.15) is 11.6 Å². The van der Waals surface area contributed by atoms with Crippen LogP contribution in [-0.2, 0) is 4.79 Å². The third kappa shape index (κ3) is 3.88. The fourth-order valence-electron chi connectivity index (χ4n) is 3.52.